The second-order valence-electron chi connectivity index (χ2n) is 7.55. The number of aliphatic hydroxyl groups is 1. The van der Waals surface area contributed by atoms with Gasteiger partial charge >= 0.3 is 0 Å². The van der Waals surface area contributed by atoms with Crippen LogP contribution in [0, 0.1) is 12.3 Å². The van der Waals surface area contributed by atoms with Crippen LogP contribution in [0.5, 0.6) is 0 Å². The predicted molar refractivity (Wildman–Crippen MR) is 122 cm³/mol. The van der Waals surface area contributed by atoms with Crippen LogP contribution in [-0.2, 0) is 18.3 Å². The first kappa shape index (κ1) is 25.1. The molecule has 0 atom stereocenters. The van der Waals surface area contributed by atoms with Crippen LogP contribution < -0.4 is 10.6 Å². The van der Waals surface area contributed by atoms with Gasteiger partial charge < -0.3 is 25.0 Å². The zero-order valence-corrected chi connectivity index (χ0v) is 19.9. The third-order valence-electron chi connectivity index (χ3n) is 5.57. The van der Waals surface area contributed by atoms with Gasteiger partial charge in [-0.3, -0.25) is 0 Å². The Morgan fingerprint density at radius 3 is 2.61 bits per heavy atom. The fourth-order valence-corrected chi connectivity index (χ4v) is 3.66. The molecule has 1 aliphatic carbocycles. The molecule has 1 fully saturated rings. The van der Waals surface area contributed by atoms with E-state index >= 15 is 0 Å². The molecule has 9 heteroatoms. The summed E-state index contributed by atoms with van der Waals surface area (Å²) in [6, 6.07) is 0. The Labute approximate surface area is 186 Å². The third kappa shape index (κ3) is 7.82. The molecule has 0 bridgehead atoms. The first-order valence-corrected chi connectivity index (χ1v) is 10.1. The maximum absolute atomic E-state index is 9.53. The van der Waals surface area contributed by atoms with Gasteiger partial charge in [-0.05, 0) is 38.0 Å². The quantitative estimate of drug-likeness (QED) is 0.194. The van der Waals surface area contributed by atoms with Crippen molar-refractivity contribution >= 4 is 29.9 Å². The smallest absolute Gasteiger partial charge is 0.191 e. The number of halogens is 1. The number of hydrogen-bond acceptors (Lipinski definition) is 5. The van der Waals surface area contributed by atoms with Crippen molar-refractivity contribution in [2.24, 2.45) is 17.5 Å². The standard InChI is InChI=1S/C19H36N6O2.HI/c1-16-23-24-17(25(16)2)14-21-18(20-11-7-13-27-3)22-15-19(10-12-26)8-5-4-6-9-19;/h26H,4-15H2,1-3H3,(H2,20,21,22);1H. The van der Waals surface area contributed by atoms with Crippen molar-refractivity contribution in [3.05, 3.63) is 11.6 Å². The van der Waals surface area contributed by atoms with Gasteiger partial charge in [0.05, 0.1) is 0 Å². The zero-order valence-electron chi connectivity index (χ0n) is 17.5. The fraction of sp³-hybridized carbons (Fsp3) is 0.842. The van der Waals surface area contributed by atoms with E-state index in [-0.39, 0.29) is 36.0 Å². The average Bonchev–Trinajstić information content (AvgIpc) is 3.00. The first-order valence-electron chi connectivity index (χ1n) is 10.1. The second-order valence-corrected chi connectivity index (χ2v) is 7.55. The summed E-state index contributed by atoms with van der Waals surface area (Å²) in [6.45, 7) is 5.00. The van der Waals surface area contributed by atoms with Gasteiger partial charge in [-0.15, -0.1) is 34.2 Å². The number of nitrogens with one attached hydrogen (secondary N) is 2. The van der Waals surface area contributed by atoms with Crippen LogP contribution >= 0.6 is 24.0 Å². The zero-order chi connectivity index (χ0) is 19.5. The highest BCUT2D eigenvalue weighted by Gasteiger charge is 2.31. The normalized spacial score (nSPS) is 16.5. The van der Waals surface area contributed by atoms with Gasteiger partial charge in [0, 0.05) is 40.5 Å². The highest BCUT2D eigenvalue weighted by Crippen LogP contribution is 2.38. The molecule has 8 nitrogen and oxygen atoms in total. The minimum Gasteiger partial charge on any atom is -0.396 e. The van der Waals surface area contributed by atoms with Crippen LogP contribution in [-0.4, -0.2) is 59.2 Å². The van der Waals surface area contributed by atoms with E-state index in [0.29, 0.717) is 6.54 Å². The molecule has 28 heavy (non-hydrogen) atoms. The monoisotopic (exact) mass is 508 g/mol. The van der Waals surface area contributed by atoms with E-state index in [0.717, 1.165) is 50.1 Å². The van der Waals surface area contributed by atoms with Gasteiger partial charge in [-0.25, -0.2) is 4.99 Å². The van der Waals surface area contributed by atoms with Gasteiger partial charge in [0.25, 0.3) is 0 Å². The summed E-state index contributed by atoms with van der Waals surface area (Å²) in [4.78, 5) is 4.71. The van der Waals surface area contributed by atoms with E-state index in [4.69, 9.17) is 9.73 Å². The van der Waals surface area contributed by atoms with Crippen molar-refractivity contribution in [3.8, 4) is 0 Å². The number of guanidine groups is 1. The number of aryl methyl sites for hydroxylation is 1. The Morgan fingerprint density at radius 2 is 2.00 bits per heavy atom. The lowest BCUT2D eigenvalue weighted by atomic mass is 9.72. The number of nitrogens with zero attached hydrogens (tertiary/aromatic N) is 4. The summed E-state index contributed by atoms with van der Waals surface area (Å²) in [5.74, 6) is 2.51. The number of ether oxygens (including phenoxy) is 1. The Bertz CT molecular complexity index is 581. The first-order chi connectivity index (χ1) is 13.1. The fourth-order valence-electron chi connectivity index (χ4n) is 3.66. The molecule has 3 N–H and O–H groups in total. The van der Waals surface area contributed by atoms with Crippen molar-refractivity contribution in [2.45, 2.75) is 58.4 Å². The maximum Gasteiger partial charge on any atom is 0.191 e. The van der Waals surface area contributed by atoms with Crippen LogP contribution in [0.2, 0.25) is 0 Å². The number of rotatable bonds is 10. The summed E-state index contributed by atoms with van der Waals surface area (Å²) < 4.78 is 7.08. The van der Waals surface area contributed by atoms with E-state index < -0.39 is 0 Å². The van der Waals surface area contributed by atoms with E-state index in [1.54, 1.807) is 7.11 Å². The van der Waals surface area contributed by atoms with Crippen LogP contribution in [0.3, 0.4) is 0 Å². The van der Waals surface area contributed by atoms with Gasteiger partial charge in [-0.1, -0.05) is 19.3 Å². The van der Waals surface area contributed by atoms with Gasteiger partial charge in [0.1, 0.15) is 12.4 Å². The van der Waals surface area contributed by atoms with E-state index in [9.17, 15) is 5.11 Å². The predicted octanol–water partition coefficient (Wildman–Crippen LogP) is 2.15. The van der Waals surface area contributed by atoms with Crippen molar-refractivity contribution in [1.82, 2.24) is 25.4 Å². The lowest BCUT2D eigenvalue weighted by Crippen LogP contribution is -2.45. The molecular weight excluding hydrogens is 471 g/mol. The molecule has 0 unspecified atom stereocenters. The van der Waals surface area contributed by atoms with Gasteiger partial charge in [0.2, 0.25) is 0 Å². The van der Waals surface area contributed by atoms with Gasteiger partial charge in [-0.2, -0.15) is 0 Å². The highest BCUT2D eigenvalue weighted by molar-refractivity contribution is 14.0. The number of aromatic nitrogens is 3. The van der Waals surface area contributed by atoms with Crippen molar-refractivity contribution in [1.29, 1.82) is 0 Å². The number of methoxy groups -OCH3 is 1. The molecule has 0 saturated heterocycles. The third-order valence-corrected chi connectivity index (χ3v) is 5.57. The number of aliphatic imine (C=N–C) groups is 1. The molecule has 1 aliphatic rings. The Morgan fingerprint density at radius 1 is 1.25 bits per heavy atom. The molecule has 0 aromatic carbocycles. The Hall–Kier alpha value is -0.940. The number of aliphatic hydroxyl groups excluding tert-OH is 1. The van der Waals surface area contributed by atoms with E-state index in [1.807, 2.05) is 18.5 Å². The Balaban J connectivity index is 0.00000392. The van der Waals surface area contributed by atoms with Crippen molar-refractivity contribution < 1.29 is 9.84 Å². The largest absolute Gasteiger partial charge is 0.396 e. The highest BCUT2D eigenvalue weighted by atomic mass is 127. The van der Waals surface area contributed by atoms with Gasteiger partial charge in [0.15, 0.2) is 11.8 Å². The molecule has 0 spiro atoms. The maximum atomic E-state index is 9.53. The molecule has 162 valence electrons. The second kappa shape index (κ2) is 13.3. The SMILES string of the molecule is COCCCNC(=NCc1nnc(C)n1C)NCC1(CCO)CCCCC1.I. The summed E-state index contributed by atoms with van der Waals surface area (Å²) in [6.07, 6.45) is 7.89. The molecule has 1 heterocycles. The lowest BCUT2D eigenvalue weighted by molar-refractivity contribution is 0.131. The van der Waals surface area contributed by atoms with Crippen molar-refractivity contribution in [2.75, 3.05) is 33.4 Å². The molecule has 0 amide bonds. The molecule has 1 aromatic heterocycles. The molecule has 1 saturated carbocycles. The molecule has 1 aromatic rings. The average molecular weight is 508 g/mol. The summed E-state index contributed by atoms with van der Waals surface area (Å²) in [5.41, 5.74) is 0.170. The van der Waals surface area contributed by atoms with Crippen molar-refractivity contribution in [3.63, 3.8) is 0 Å². The van der Waals surface area contributed by atoms with Crippen LogP contribution in [0.4, 0.5) is 0 Å². The molecule has 0 aliphatic heterocycles. The Kier molecular flexibility index (Phi) is 11.9. The van der Waals surface area contributed by atoms with E-state index in [2.05, 4.69) is 20.8 Å². The molecular formula is C19H37IN6O2. The number of hydrogen-bond donors (Lipinski definition) is 3. The molecule has 2 rings (SSSR count). The summed E-state index contributed by atoms with van der Waals surface area (Å²) in [5, 5.41) is 24.7. The molecule has 0 radical (unpaired) electrons. The lowest BCUT2D eigenvalue weighted by Gasteiger charge is -2.37. The summed E-state index contributed by atoms with van der Waals surface area (Å²) >= 11 is 0. The van der Waals surface area contributed by atoms with Crippen LogP contribution in [0.25, 0.3) is 0 Å². The van der Waals surface area contributed by atoms with E-state index in [1.165, 1.54) is 32.1 Å². The van der Waals surface area contributed by atoms with Crippen LogP contribution in [0.1, 0.15) is 56.6 Å². The minimum absolute atomic E-state index is 0. The minimum atomic E-state index is 0. The van der Waals surface area contributed by atoms with Crippen LogP contribution in [0.15, 0.2) is 4.99 Å². The summed E-state index contributed by atoms with van der Waals surface area (Å²) in [7, 11) is 3.67. The topological polar surface area (TPSA) is 96.6 Å².